The predicted octanol–water partition coefficient (Wildman–Crippen LogP) is 3.82. The second kappa shape index (κ2) is 6.97. The normalized spacial score (nSPS) is 11.2. The second-order valence-corrected chi connectivity index (χ2v) is 5.40. The highest BCUT2D eigenvalue weighted by atomic mass is 32.2. The van der Waals surface area contributed by atoms with E-state index in [2.05, 4.69) is 5.32 Å². The molecule has 0 aromatic heterocycles. The van der Waals surface area contributed by atoms with Crippen LogP contribution >= 0.6 is 11.8 Å². The van der Waals surface area contributed by atoms with Crippen molar-refractivity contribution in [1.82, 2.24) is 5.32 Å². The van der Waals surface area contributed by atoms with Crippen LogP contribution in [0.5, 0.6) is 0 Å². The van der Waals surface area contributed by atoms with E-state index in [1.807, 2.05) is 20.8 Å². The molecule has 0 fully saturated rings. The Balaban J connectivity index is 2.79. The van der Waals surface area contributed by atoms with Gasteiger partial charge in [-0.15, -0.1) is 11.8 Å². The lowest BCUT2D eigenvalue weighted by atomic mass is 10.2. The number of rotatable bonds is 6. The van der Waals surface area contributed by atoms with Crippen molar-refractivity contribution < 1.29 is 8.78 Å². The summed E-state index contributed by atoms with van der Waals surface area (Å²) in [5, 5.41) is 3.05. The molecule has 0 spiro atoms. The molecule has 96 valence electrons. The van der Waals surface area contributed by atoms with Crippen molar-refractivity contribution in [3.05, 3.63) is 29.3 Å². The first-order chi connectivity index (χ1) is 8.04. The first-order valence-electron chi connectivity index (χ1n) is 5.86. The highest BCUT2D eigenvalue weighted by Crippen LogP contribution is 2.27. The van der Waals surface area contributed by atoms with Crippen LogP contribution in [0.3, 0.4) is 0 Å². The Morgan fingerprint density at radius 1 is 1.24 bits per heavy atom. The zero-order valence-electron chi connectivity index (χ0n) is 10.5. The van der Waals surface area contributed by atoms with E-state index < -0.39 is 11.6 Å². The lowest BCUT2D eigenvalue weighted by molar-refractivity contribution is 0.534. The molecule has 0 aliphatic heterocycles. The van der Waals surface area contributed by atoms with Gasteiger partial charge in [0.1, 0.15) is 11.6 Å². The monoisotopic (exact) mass is 259 g/mol. The Labute approximate surface area is 106 Å². The Morgan fingerprint density at radius 3 is 2.29 bits per heavy atom. The fraction of sp³-hybridized carbons (Fsp3) is 0.538. The largest absolute Gasteiger partial charge is 0.313 e. The number of halogens is 2. The third kappa shape index (κ3) is 4.64. The first-order valence-corrected chi connectivity index (χ1v) is 6.84. The van der Waals surface area contributed by atoms with Crippen molar-refractivity contribution in [1.29, 1.82) is 0 Å². The van der Waals surface area contributed by atoms with Crippen molar-refractivity contribution in [2.45, 2.75) is 32.2 Å². The first kappa shape index (κ1) is 14.5. The molecule has 0 amide bonds. The maximum absolute atomic E-state index is 13.7. The molecule has 0 radical (unpaired) electrons. The molecular formula is C13H19F2NS. The van der Waals surface area contributed by atoms with Gasteiger partial charge in [0.05, 0.1) is 4.90 Å². The fourth-order valence-corrected chi connectivity index (χ4v) is 2.27. The molecule has 0 bridgehead atoms. The molecule has 0 saturated carbocycles. The van der Waals surface area contributed by atoms with Gasteiger partial charge >= 0.3 is 0 Å². The Bertz CT molecular complexity index is 343. The van der Waals surface area contributed by atoms with E-state index in [0.717, 1.165) is 12.3 Å². The molecule has 0 heterocycles. The number of hydrogen-bond donors (Lipinski definition) is 1. The molecule has 1 N–H and O–H groups in total. The summed E-state index contributed by atoms with van der Waals surface area (Å²) in [4.78, 5) is 0.138. The number of hydrogen-bond acceptors (Lipinski definition) is 2. The highest BCUT2D eigenvalue weighted by Gasteiger charge is 2.12. The SMILES string of the molecule is CCNCc1cc(F)c(SCC(C)C)c(F)c1. The van der Waals surface area contributed by atoms with E-state index in [1.165, 1.54) is 23.9 Å². The summed E-state index contributed by atoms with van der Waals surface area (Å²) >= 11 is 1.24. The molecule has 0 atom stereocenters. The Morgan fingerprint density at radius 2 is 1.82 bits per heavy atom. The molecule has 1 aromatic carbocycles. The lowest BCUT2D eigenvalue weighted by Gasteiger charge is -2.09. The van der Waals surface area contributed by atoms with Crippen LogP contribution in [0.4, 0.5) is 8.78 Å². The summed E-state index contributed by atoms with van der Waals surface area (Å²) in [6.45, 7) is 7.30. The van der Waals surface area contributed by atoms with Gasteiger partial charge in [-0.25, -0.2) is 8.78 Å². The van der Waals surface area contributed by atoms with Crippen LogP contribution < -0.4 is 5.32 Å². The van der Waals surface area contributed by atoms with Crippen LogP contribution in [-0.4, -0.2) is 12.3 Å². The van der Waals surface area contributed by atoms with E-state index in [1.54, 1.807) is 0 Å². The third-order valence-corrected chi connectivity index (χ3v) is 3.71. The molecule has 1 aromatic rings. The molecule has 0 aliphatic carbocycles. The van der Waals surface area contributed by atoms with E-state index in [0.29, 0.717) is 18.0 Å². The van der Waals surface area contributed by atoms with E-state index in [9.17, 15) is 8.78 Å². The lowest BCUT2D eigenvalue weighted by Crippen LogP contribution is -2.12. The van der Waals surface area contributed by atoms with Crippen molar-refractivity contribution in [3.63, 3.8) is 0 Å². The van der Waals surface area contributed by atoms with Crippen molar-refractivity contribution in [2.24, 2.45) is 5.92 Å². The standard InChI is InChI=1S/C13H19F2NS/c1-4-16-7-10-5-11(14)13(12(15)6-10)17-8-9(2)3/h5-6,9,16H,4,7-8H2,1-3H3. The predicted molar refractivity (Wildman–Crippen MR) is 69.3 cm³/mol. The molecule has 17 heavy (non-hydrogen) atoms. The van der Waals surface area contributed by atoms with Gasteiger partial charge in [-0.2, -0.15) is 0 Å². The van der Waals surface area contributed by atoms with Gasteiger partial charge < -0.3 is 5.32 Å². The molecule has 1 nitrogen and oxygen atoms in total. The summed E-state index contributed by atoms with van der Waals surface area (Å²) < 4.78 is 27.4. The minimum Gasteiger partial charge on any atom is -0.313 e. The highest BCUT2D eigenvalue weighted by molar-refractivity contribution is 7.99. The number of nitrogens with one attached hydrogen (secondary N) is 1. The molecular weight excluding hydrogens is 240 g/mol. The average molecular weight is 259 g/mol. The smallest absolute Gasteiger partial charge is 0.140 e. The summed E-state index contributed by atoms with van der Waals surface area (Å²) in [6.07, 6.45) is 0. The summed E-state index contributed by atoms with van der Waals surface area (Å²) in [5.74, 6) is 0.229. The van der Waals surface area contributed by atoms with Gasteiger partial charge in [-0.1, -0.05) is 20.8 Å². The van der Waals surface area contributed by atoms with Crippen LogP contribution in [0.25, 0.3) is 0 Å². The van der Waals surface area contributed by atoms with Gasteiger partial charge in [0.2, 0.25) is 0 Å². The quantitative estimate of drug-likeness (QED) is 0.779. The van der Waals surface area contributed by atoms with Crippen LogP contribution in [0.2, 0.25) is 0 Å². The van der Waals surface area contributed by atoms with Crippen LogP contribution in [-0.2, 0) is 6.54 Å². The maximum atomic E-state index is 13.7. The van der Waals surface area contributed by atoms with Crippen LogP contribution in [0, 0.1) is 17.6 Å². The minimum atomic E-state index is -0.455. The maximum Gasteiger partial charge on any atom is 0.140 e. The van der Waals surface area contributed by atoms with Crippen LogP contribution in [0.15, 0.2) is 17.0 Å². The van der Waals surface area contributed by atoms with Gasteiger partial charge in [-0.3, -0.25) is 0 Å². The third-order valence-electron chi connectivity index (χ3n) is 2.20. The average Bonchev–Trinajstić information content (AvgIpc) is 2.24. The summed E-state index contributed by atoms with van der Waals surface area (Å²) in [5.41, 5.74) is 0.649. The molecule has 0 saturated heterocycles. The summed E-state index contributed by atoms with van der Waals surface area (Å²) in [6, 6.07) is 2.82. The Hall–Kier alpha value is -0.610. The molecule has 0 unspecified atom stereocenters. The number of benzene rings is 1. The van der Waals surface area contributed by atoms with E-state index >= 15 is 0 Å². The van der Waals surface area contributed by atoms with E-state index in [-0.39, 0.29) is 4.90 Å². The van der Waals surface area contributed by atoms with Gasteiger partial charge in [-0.05, 0) is 30.2 Å². The molecule has 4 heteroatoms. The molecule has 1 rings (SSSR count). The van der Waals surface area contributed by atoms with Crippen molar-refractivity contribution in [2.75, 3.05) is 12.3 Å². The zero-order valence-corrected chi connectivity index (χ0v) is 11.3. The minimum absolute atomic E-state index is 0.138. The van der Waals surface area contributed by atoms with Gasteiger partial charge in [0.15, 0.2) is 0 Å². The fourth-order valence-electron chi connectivity index (χ4n) is 1.37. The summed E-state index contributed by atoms with van der Waals surface area (Å²) in [7, 11) is 0. The number of thioether (sulfide) groups is 1. The Kier molecular flexibility index (Phi) is 5.92. The zero-order chi connectivity index (χ0) is 12.8. The van der Waals surface area contributed by atoms with E-state index in [4.69, 9.17) is 0 Å². The van der Waals surface area contributed by atoms with Crippen molar-refractivity contribution in [3.8, 4) is 0 Å². The molecule has 0 aliphatic rings. The topological polar surface area (TPSA) is 12.0 Å². The van der Waals surface area contributed by atoms with Crippen LogP contribution in [0.1, 0.15) is 26.3 Å². The second-order valence-electron chi connectivity index (χ2n) is 4.37. The van der Waals surface area contributed by atoms with Gasteiger partial charge in [0.25, 0.3) is 0 Å². The van der Waals surface area contributed by atoms with Crippen molar-refractivity contribution >= 4 is 11.8 Å². The van der Waals surface area contributed by atoms with Gasteiger partial charge in [0, 0.05) is 12.3 Å².